The fourth-order valence-electron chi connectivity index (χ4n) is 2.23. The number of aliphatic hydroxyl groups is 1. The summed E-state index contributed by atoms with van der Waals surface area (Å²) in [6.45, 7) is 0.907. The topological polar surface area (TPSA) is 67.3 Å². The van der Waals surface area contributed by atoms with Gasteiger partial charge in [0.25, 0.3) is 0 Å². The molecule has 0 spiro atoms. The van der Waals surface area contributed by atoms with Crippen LogP contribution in [0.1, 0.15) is 5.56 Å². The molecule has 0 saturated heterocycles. The molecule has 0 unspecified atom stereocenters. The van der Waals surface area contributed by atoms with Crippen LogP contribution < -0.4 is 10.1 Å². The molecule has 22 heavy (non-hydrogen) atoms. The van der Waals surface area contributed by atoms with E-state index in [0.29, 0.717) is 12.4 Å². The van der Waals surface area contributed by atoms with Gasteiger partial charge in [0.1, 0.15) is 6.61 Å². The second-order valence-electron chi connectivity index (χ2n) is 4.80. The molecule has 2 heterocycles. The van der Waals surface area contributed by atoms with Gasteiger partial charge < -0.3 is 15.2 Å². The van der Waals surface area contributed by atoms with Crippen molar-refractivity contribution in [3.05, 3.63) is 60.4 Å². The molecule has 1 aromatic carbocycles. The van der Waals surface area contributed by atoms with E-state index in [1.807, 2.05) is 18.2 Å². The van der Waals surface area contributed by atoms with E-state index < -0.39 is 0 Å². The minimum absolute atomic E-state index is 0.0181. The van der Waals surface area contributed by atoms with Gasteiger partial charge >= 0.3 is 0 Å². The van der Waals surface area contributed by atoms with Gasteiger partial charge in [0.2, 0.25) is 5.88 Å². The molecule has 2 N–H and O–H groups in total. The summed E-state index contributed by atoms with van der Waals surface area (Å²) in [5.41, 5.74) is 3.05. The van der Waals surface area contributed by atoms with Gasteiger partial charge in [-0.2, -0.15) is 0 Å². The van der Waals surface area contributed by atoms with E-state index in [0.717, 1.165) is 22.2 Å². The van der Waals surface area contributed by atoms with Crippen LogP contribution in [0.3, 0.4) is 0 Å². The fraction of sp³-hybridized carbons (Fsp3) is 0.176. The number of pyridine rings is 2. The van der Waals surface area contributed by atoms with Crippen molar-refractivity contribution in [3.8, 4) is 5.88 Å². The number of hydrogen-bond acceptors (Lipinski definition) is 5. The van der Waals surface area contributed by atoms with E-state index >= 15 is 0 Å². The third-order valence-corrected chi connectivity index (χ3v) is 3.28. The maximum atomic E-state index is 8.71. The zero-order valence-electron chi connectivity index (χ0n) is 12.1. The SMILES string of the molecule is OCCOc1ccc(NCc2cccc3cccnc23)cn1. The Balaban J connectivity index is 1.69. The second-order valence-corrected chi connectivity index (χ2v) is 4.80. The average Bonchev–Trinajstić information content (AvgIpc) is 2.59. The molecule has 3 rings (SSSR count). The van der Waals surface area contributed by atoms with Crippen LogP contribution >= 0.6 is 0 Å². The molecule has 0 fully saturated rings. The van der Waals surface area contributed by atoms with Gasteiger partial charge in [-0.1, -0.05) is 24.3 Å². The highest BCUT2D eigenvalue weighted by Crippen LogP contribution is 2.18. The minimum atomic E-state index is -0.0181. The maximum Gasteiger partial charge on any atom is 0.213 e. The molecule has 0 bridgehead atoms. The normalized spacial score (nSPS) is 10.6. The number of nitrogens with zero attached hydrogens (tertiary/aromatic N) is 2. The molecule has 112 valence electrons. The van der Waals surface area contributed by atoms with Crippen LogP contribution in [-0.2, 0) is 6.54 Å². The Morgan fingerprint density at radius 2 is 1.95 bits per heavy atom. The highest BCUT2D eigenvalue weighted by atomic mass is 16.5. The van der Waals surface area contributed by atoms with Crippen molar-refractivity contribution in [3.63, 3.8) is 0 Å². The van der Waals surface area contributed by atoms with E-state index in [1.54, 1.807) is 18.5 Å². The van der Waals surface area contributed by atoms with Crippen molar-refractivity contribution >= 4 is 16.6 Å². The first-order valence-corrected chi connectivity index (χ1v) is 7.13. The van der Waals surface area contributed by atoms with Crippen LogP contribution in [0.4, 0.5) is 5.69 Å². The molecular formula is C17H17N3O2. The van der Waals surface area contributed by atoms with E-state index in [4.69, 9.17) is 9.84 Å². The lowest BCUT2D eigenvalue weighted by atomic mass is 10.1. The third-order valence-electron chi connectivity index (χ3n) is 3.28. The Labute approximate surface area is 128 Å². The third kappa shape index (κ3) is 3.32. The number of aliphatic hydroxyl groups excluding tert-OH is 1. The molecular weight excluding hydrogens is 278 g/mol. The Hall–Kier alpha value is -2.66. The number of fused-ring (bicyclic) bond motifs is 1. The van der Waals surface area contributed by atoms with Crippen LogP contribution in [0.15, 0.2) is 54.9 Å². The van der Waals surface area contributed by atoms with E-state index in [1.165, 1.54) is 0 Å². The Morgan fingerprint density at radius 1 is 1.05 bits per heavy atom. The summed E-state index contributed by atoms with van der Waals surface area (Å²) in [6.07, 6.45) is 3.52. The summed E-state index contributed by atoms with van der Waals surface area (Å²) in [5, 5.41) is 13.2. The number of rotatable bonds is 6. The van der Waals surface area contributed by atoms with Gasteiger partial charge in [-0.3, -0.25) is 4.98 Å². The molecule has 0 saturated carbocycles. The average molecular weight is 295 g/mol. The molecule has 0 radical (unpaired) electrons. The zero-order valence-corrected chi connectivity index (χ0v) is 12.1. The van der Waals surface area contributed by atoms with Gasteiger partial charge in [-0.25, -0.2) is 4.98 Å². The van der Waals surface area contributed by atoms with Crippen LogP contribution in [0.5, 0.6) is 5.88 Å². The van der Waals surface area contributed by atoms with Gasteiger partial charge in [-0.15, -0.1) is 0 Å². The molecule has 5 heteroatoms. The Kier molecular flexibility index (Phi) is 4.46. The van der Waals surface area contributed by atoms with Crippen LogP contribution in [0.2, 0.25) is 0 Å². The zero-order chi connectivity index (χ0) is 15.2. The van der Waals surface area contributed by atoms with Crippen molar-refractivity contribution in [1.82, 2.24) is 9.97 Å². The molecule has 3 aromatic rings. The predicted molar refractivity (Wildman–Crippen MR) is 85.9 cm³/mol. The summed E-state index contributed by atoms with van der Waals surface area (Å²) in [7, 11) is 0. The summed E-state index contributed by atoms with van der Waals surface area (Å²) < 4.78 is 5.23. The van der Waals surface area contributed by atoms with Crippen molar-refractivity contribution in [1.29, 1.82) is 0 Å². The quantitative estimate of drug-likeness (QED) is 0.731. The van der Waals surface area contributed by atoms with Crippen molar-refractivity contribution in [2.24, 2.45) is 0 Å². The first-order valence-electron chi connectivity index (χ1n) is 7.13. The van der Waals surface area contributed by atoms with Crippen LogP contribution in [0.25, 0.3) is 10.9 Å². The molecule has 0 aliphatic rings. The molecule has 5 nitrogen and oxygen atoms in total. The van der Waals surface area contributed by atoms with Gasteiger partial charge in [0.15, 0.2) is 0 Å². The number of benzene rings is 1. The fourth-order valence-corrected chi connectivity index (χ4v) is 2.23. The smallest absolute Gasteiger partial charge is 0.213 e. The summed E-state index contributed by atoms with van der Waals surface area (Å²) in [5.74, 6) is 0.506. The minimum Gasteiger partial charge on any atom is -0.475 e. The lowest BCUT2D eigenvalue weighted by Gasteiger charge is -2.09. The molecule has 0 aliphatic carbocycles. The van der Waals surface area contributed by atoms with Crippen molar-refractivity contribution < 1.29 is 9.84 Å². The van der Waals surface area contributed by atoms with E-state index in [2.05, 4.69) is 33.5 Å². The van der Waals surface area contributed by atoms with Gasteiger partial charge in [0, 0.05) is 24.2 Å². The Bertz CT molecular complexity index is 739. The number of aromatic nitrogens is 2. The lowest BCUT2D eigenvalue weighted by molar-refractivity contribution is 0.196. The monoisotopic (exact) mass is 295 g/mol. The highest BCUT2D eigenvalue weighted by molar-refractivity contribution is 5.81. The first kappa shape index (κ1) is 14.3. The highest BCUT2D eigenvalue weighted by Gasteiger charge is 2.02. The second kappa shape index (κ2) is 6.87. The number of ether oxygens (including phenoxy) is 1. The van der Waals surface area contributed by atoms with Crippen LogP contribution in [0, 0.1) is 0 Å². The lowest BCUT2D eigenvalue weighted by Crippen LogP contribution is -2.04. The molecule has 2 aromatic heterocycles. The first-order chi connectivity index (χ1) is 10.9. The van der Waals surface area contributed by atoms with E-state index in [-0.39, 0.29) is 13.2 Å². The largest absolute Gasteiger partial charge is 0.475 e. The van der Waals surface area contributed by atoms with Gasteiger partial charge in [-0.05, 0) is 17.7 Å². The summed E-state index contributed by atoms with van der Waals surface area (Å²) in [6, 6.07) is 13.8. The van der Waals surface area contributed by atoms with Gasteiger partial charge in [0.05, 0.1) is 24.0 Å². The van der Waals surface area contributed by atoms with Crippen molar-refractivity contribution in [2.45, 2.75) is 6.54 Å². The van der Waals surface area contributed by atoms with E-state index in [9.17, 15) is 0 Å². The van der Waals surface area contributed by atoms with Crippen LogP contribution in [-0.4, -0.2) is 28.3 Å². The number of hydrogen-bond donors (Lipinski definition) is 2. The van der Waals surface area contributed by atoms with Crippen molar-refractivity contribution in [2.75, 3.05) is 18.5 Å². The summed E-state index contributed by atoms with van der Waals surface area (Å²) in [4.78, 5) is 8.62. The molecule has 0 aliphatic heterocycles. The molecule has 0 amide bonds. The summed E-state index contributed by atoms with van der Waals surface area (Å²) >= 11 is 0. The molecule has 0 atom stereocenters. The Morgan fingerprint density at radius 3 is 2.77 bits per heavy atom. The standard InChI is InChI=1S/C17H17N3O2/c21-9-10-22-16-7-6-15(12-20-16)19-11-14-4-1-3-13-5-2-8-18-17(13)14/h1-8,12,19,21H,9-11H2. The number of nitrogens with one attached hydrogen (secondary N) is 1. The number of para-hydroxylation sites is 1. The number of anilines is 1. The predicted octanol–water partition coefficient (Wildman–Crippen LogP) is 2.61. The maximum absolute atomic E-state index is 8.71.